The van der Waals surface area contributed by atoms with Crippen LogP contribution in [0.15, 0.2) is 53.2 Å². The number of amides is 1. The number of anilines is 1. The zero-order valence-electron chi connectivity index (χ0n) is 12.1. The topological polar surface area (TPSA) is 101 Å². The fourth-order valence-corrected chi connectivity index (χ4v) is 1.97. The highest BCUT2D eigenvalue weighted by Gasteiger charge is 2.12. The largest absolute Gasteiger partial charge is 0.504 e. The molecule has 1 aromatic carbocycles. The Labute approximate surface area is 132 Å². The number of aryl methyl sites for hydroxylation is 1. The molecular weight excluding hydrogens is 296 g/mol. The second-order valence-electron chi connectivity index (χ2n) is 4.80. The molecule has 1 amide bonds. The molecule has 0 aliphatic heterocycles. The summed E-state index contributed by atoms with van der Waals surface area (Å²) in [6, 6.07) is 12.5. The quantitative estimate of drug-likeness (QED) is 0.750. The fourth-order valence-electron chi connectivity index (χ4n) is 1.97. The highest BCUT2D eigenvalue weighted by atomic mass is 16.5. The molecule has 0 aliphatic carbocycles. The van der Waals surface area contributed by atoms with E-state index < -0.39 is 0 Å². The van der Waals surface area contributed by atoms with E-state index >= 15 is 0 Å². The summed E-state index contributed by atoms with van der Waals surface area (Å²) >= 11 is 0. The molecule has 3 rings (SSSR count). The highest BCUT2D eigenvalue weighted by molar-refractivity contribution is 5.91. The Balaban J connectivity index is 1.58. The fraction of sp³-hybridized carbons (Fsp3) is 0.125. The third kappa shape index (κ3) is 3.70. The zero-order chi connectivity index (χ0) is 16.1. The lowest BCUT2D eigenvalue weighted by Gasteiger charge is -2.04. The number of nitrogens with zero attached hydrogens (tertiary/aromatic N) is 3. The number of pyridine rings is 1. The Morgan fingerprint density at radius 2 is 2.00 bits per heavy atom. The third-order valence-electron chi connectivity index (χ3n) is 3.11. The first-order valence-corrected chi connectivity index (χ1v) is 7.04. The van der Waals surface area contributed by atoms with E-state index in [9.17, 15) is 9.90 Å². The van der Waals surface area contributed by atoms with E-state index in [1.54, 1.807) is 6.07 Å². The predicted octanol–water partition coefficient (Wildman–Crippen LogP) is 2.41. The second kappa shape index (κ2) is 6.69. The summed E-state index contributed by atoms with van der Waals surface area (Å²) in [6.45, 7) is 0. The molecule has 23 heavy (non-hydrogen) atoms. The molecule has 2 N–H and O–H groups in total. The first-order valence-electron chi connectivity index (χ1n) is 7.04. The molecule has 3 aromatic rings. The van der Waals surface area contributed by atoms with Gasteiger partial charge < -0.3 is 14.9 Å². The Kier molecular flexibility index (Phi) is 4.28. The minimum atomic E-state index is -0.293. The molecule has 2 heterocycles. The normalized spacial score (nSPS) is 10.4. The standard InChI is InChI=1S/C16H14N4O3/c21-12-7-4-10-17-16(12)18-13(22)8-9-14-19-15(20-23-14)11-5-2-1-3-6-11/h1-7,10,21H,8-9H2,(H,17,18,22). The number of aromatic hydroxyl groups is 1. The number of benzene rings is 1. The van der Waals surface area contributed by atoms with Crippen molar-refractivity contribution in [3.05, 3.63) is 54.6 Å². The predicted molar refractivity (Wildman–Crippen MR) is 82.6 cm³/mol. The Morgan fingerprint density at radius 3 is 2.78 bits per heavy atom. The van der Waals surface area contributed by atoms with Gasteiger partial charge in [-0.15, -0.1) is 0 Å². The lowest BCUT2D eigenvalue weighted by atomic mass is 10.2. The third-order valence-corrected chi connectivity index (χ3v) is 3.11. The lowest BCUT2D eigenvalue weighted by molar-refractivity contribution is -0.116. The smallest absolute Gasteiger partial charge is 0.227 e. The van der Waals surface area contributed by atoms with Crippen LogP contribution in [0.4, 0.5) is 5.82 Å². The molecule has 0 unspecified atom stereocenters. The maximum absolute atomic E-state index is 11.9. The molecule has 0 spiro atoms. The van der Waals surface area contributed by atoms with E-state index in [2.05, 4.69) is 20.4 Å². The van der Waals surface area contributed by atoms with E-state index in [-0.39, 0.29) is 23.9 Å². The number of carbonyl (C=O) groups excluding carboxylic acids is 1. The molecule has 7 nitrogen and oxygen atoms in total. The number of nitrogens with one attached hydrogen (secondary N) is 1. The van der Waals surface area contributed by atoms with Gasteiger partial charge in [0.25, 0.3) is 0 Å². The van der Waals surface area contributed by atoms with Gasteiger partial charge >= 0.3 is 0 Å². The molecule has 0 saturated carbocycles. The van der Waals surface area contributed by atoms with Crippen LogP contribution in [0.3, 0.4) is 0 Å². The summed E-state index contributed by atoms with van der Waals surface area (Å²) in [5, 5.41) is 16.0. The summed E-state index contributed by atoms with van der Waals surface area (Å²) in [5.41, 5.74) is 0.852. The summed E-state index contributed by atoms with van der Waals surface area (Å²) in [7, 11) is 0. The van der Waals surface area contributed by atoms with Crippen LogP contribution in [-0.2, 0) is 11.2 Å². The van der Waals surface area contributed by atoms with Gasteiger partial charge in [0, 0.05) is 24.6 Å². The van der Waals surface area contributed by atoms with Gasteiger partial charge in [-0.05, 0) is 12.1 Å². The molecule has 0 fully saturated rings. The molecule has 0 atom stereocenters. The lowest BCUT2D eigenvalue weighted by Crippen LogP contribution is -2.13. The van der Waals surface area contributed by atoms with Crippen LogP contribution >= 0.6 is 0 Å². The number of hydrogen-bond donors (Lipinski definition) is 2. The number of carbonyl (C=O) groups is 1. The van der Waals surface area contributed by atoms with Crippen molar-refractivity contribution in [2.45, 2.75) is 12.8 Å². The molecular formula is C16H14N4O3. The van der Waals surface area contributed by atoms with Gasteiger partial charge in [0.15, 0.2) is 11.6 Å². The van der Waals surface area contributed by atoms with Crippen molar-refractivity contribution >= 4 is 11.7 Å². The van der Waals surface area contributed by atoms with Gasteiger partial charge in [-0.3, -0.25) is 4.79 Å². The molecule has 116 valence electrons. The van der Waals surface area contributed by atoms with Crippen LogP contribution in [-0.4, -0.2) is 26.1 Å². The zero-order valence-corrected chi connectivity index (χ0v) is 12.1. The van der Waals surface area contributed by atoms with Gasteiger partial charge in [-0.1, -0.05) is 35.5 Å². The van der Waals surface area contributed by atoms with Crippen molar-refractivity contribution in [3.8, 4) is 17.1 Å². The second-order valence-corrected chi connectivity index (χ2v) is 4.80. The molecule has 7 heteroatoms. The van der Waals surface area contributed by atoms with E-state index in [0.29, 0.717) is 18.1 Å². The van der Waals surface area contributed by atoms with Crippen LogP contribution < -0.4 is 5.32 Å². The molecule has 0 aliphatic rings. The Morgan fingerprint density at radius 1 is 1.17 bits per heavy atom. The maximum Gasteiger partial charge on any atom is 0.227 e. The van der Waals surface area contributed by atoms with Crippen molar-refractivity contribution in [1.82, 2.24) is 15.1 Å². The van der Waals surface area contributed by atoms with Crippen LogP contribution in [0.2, 0.25) is 0 Å². The van der Waals surface area contributed by atoms with Crippen LogP contribution in [0.5, 0.6) is 5.75 Å². The summed E-state index contributed by atoms with van der Waals surface area (Å²) in [6.07, 6.45) is 1.94. The van der Waals surface area contributed by atoms with E-state index in [1.165, 1.54) is 12.3 Å². The van der Waals surface area contributed by atoms with Crippen molar-refractivity contribution in [2.75, 3.05) is 5.32 Å². The van der Waals surface area contributed by atoms with Crippen molar-refractivity contribution < 1.29 is 14.4 Å². The van der Waals surface area contributed by atoms with Crippen LogP contribution in [0.1, 0.15) is 12.3 Å². The van der Waals surface area contributed by atoms with Crippen molar-refractivity contribution in [1.29, 1.82) is 0 Å². The van der Waals surface area contributed by atoms with Gasteiger partial charge in [-0.25, -0.2) is 4.98 Å². The summed E-state index contributed by atoms with van der Waals surface area (Å²) in [5.74, 6) is 0.629. The maximum atomic E-state index is 11.9. The summed E-state index contributed by atoms with van der Waals surface area (Å²) < 4.78 is 5.14. The molecule has 0 radical (unpaired) electrons. The van der Waals surface area contributed by atoms with Crippen LogP contribution in [0.25, 0.3) is 11.4 Å². The van der Waals surface area contributed by atoms with Gasteiger partial charge in [0.05, 0.1) is 0 Å². The minimum Gasteiger partial charge on any atom is -0.504 e. The SMILES string of the molecule is O=C(CCc1nc(-c2ccccc2)no1)Nc1ncccc1O. The van der Waals surface area contributed by atoms with Gasteiger partial charge in [0.2, 0.25) is 17.6 Å². The first kappa shape index (κ1) is 14.7. The minimum absolute atomic E-state index is 0.0787. The van der Waals surface area contributed by atoms with E-state index in [4.69, 9.17) is 4.52 Å². The number of hydrogen-bond acceptors (Lipinski definition) is 6. The first-order chi connectivity index (χ1) is 11.2. The number of rotatable bonds is 5. The average Bonchev–Trinajstić information content (AvgIpc) is 3.05. The monoisotopic (exact) mass is 310 g/mol. The summed E-state index contributed by atoms with van der Waals surface area (Å²) in [4.78, 5) is 20.0. The Hall–Kier alpha value is -3.22. The number of aromatic nitrogens is 3. The highest BCUT2D eigenvalue weighted by Crippen LogP contribution is 2.19. The van der Waals surface area contributed by atoms with Crippen molar-refractivity contribution in [3.63, 3.8) is 0 Å². The Bertz CT molecular complexity index is 802. The molecule has 0 bridgehead atoms. The molecule has 0 saturated heterocycles. The van der Waals surface area contributed by atoms with Crippen molar-refractivity contribution in [2.24, 2.45) is 0 Å². The van der Waals surface area contributed by atoms with E-state index in [1.807, 2.05) is 30.3 Å². The van der Waals surface area contributed by atoms with Gasteiger partial charge in [-0.2, -0.15) is 4.98 Å². The van der Waals surface area contributed by atoms with E-state index in [0.717, 1.165) is 5.56 Å². The average molecular weight is 310 g/mol. The van der Waals surface area contributed by atoms with Crippen LogP contribution in [0, 0.1) is 0 Å². The molecule has 2 aromatic heterocycles. The van der Waals surface area contributed by atoms with Gasteiger partial charge in [0.1, 0.15) is 0 Å².